The third kappa shape index (κ3) is 1.76. The first-order valence-corrected chi connectivity index (χ1v) is 4.40. The van der Waals surface area contributed by atoms with E-state index < -0.39 is 0 Å². The summed E-state index contributed by atoms with van der Waals surface area (Å²) >= 11 is 0. The number of rotatable bonds is 3. The maximum atomic E-state index is 5.13. The lowest BCUT2D eigenvalue weighted by molar-refractivity contribution is 0.427. The van der Waals surface area contributed by atoms with Gasteiger partial charge >= 0.3 is 6.01 Å². The third-order valence-electron chi connectivity index (χ3n) is 1.58. The molecule has 0 radical (unpaired) electrons. The van der Waals surface area contributed by atoms with Crippen molar-refractivity contribution in [3.63, 3.8) is 0 Å². The van der Waals surface area contributed by atoms with Crippen LogP contribution in [0.25, 0.3) is 11.6 Å². The molecular weight excluding hydrogens is 182 g/mol. The fourth-order valence-corrected chi connectivity index (χ4v) is 1.03. The Morgan fingerprint density at radius 1 is 1.43 bits per heavy atom. The van der Waals surface area contributed by atoms with E-state index in [9.17, 15) is 0 Å². The molecule has 0 unspecified atom stereocenters. The molecule has 2 rings (SSSR count). The molecule has 1 N–H and O–H groups in total. The lowest BCUT2D eigenvalue weighted by atomic mass is 10.4. The summed E-state index contributed by atoms with van der Waals surface area (Å²) in [5, 5.41) is 6.77. The van der Waals surface area contributed by atoms with Gasteiger partial charge in [-0.05, 0) is 26.0 Å². The first-order valence-electron chi connectivity index (χ1n) is 4.40. The van der Waals surface area contributed by atoms with Gasteiger partial charge in [-0.25, -0.2) is 0 Å². The number of furan rings is 1. The lowest BCUT2D eigenvalue weighted by Crippen LogP contribution is -2.09. The van der Waals surface area contributed by atoms with Crippen molar-refractivity contribution in [2.75, 3.05) is 5.32 Å². The van der Waals surface area contributed by atoms with Crippen LogP contribution in [0.5, 0.6) is 0 Å². The summed E-state index contributed by atoms with van der Waals surface area (Å²) < 4.78 is 10.1. The van der Waals surface area contributed by atoms with Gasteiger partial charge in [-0.1, -0.05) is 5.16 Å². The van der Waals surface area contributed by atoms with E-state index in [0.717, 1.165) is 0 Å². The van der Waals surface area contributed by atoms with E-state index in [1.54, 1.807) is 18.4 Å². The Bertz CT molecular complexity index is 392. The van der Waals surface area contributed by atoms with Gasteiger partial charge in [0.25, 0.3) is 0 Å². The first-order chi connectivity index (χ1) is 6.75. The Kier molecular flexibility index (Phi) is 2.22. The summed E-state index contributed by atoms with van der Waals surface area (Å²) in [7, 11) is 0. The Hall–Kier alpha value is -1.78. The van der Waals surface area contributed by atoms with Gasteiger partial charge in [0, 0.05) is 6.04 Å². The predicted octanol–water partition coefficient (Wildman–Crippen LogP) is 2.15. The number of aromatic nitrogens is 2. The average molecular weight is 193 g/mol. The van der Waals surface area contributed by atoms with Crippen molar-refractivity contribution in [2.45, 2.75) is 19.9 Å². The van der Waals surface area contributed by atoms with Gasteiger partial charge in [0.1, 0.15) is 0 Å². The SMILES string of the molecule is CC(C)Nc1nc(-c2ccco2)no1. The van der Waals surface area contributed by atoms with Crippen molar-refractivity contribution < 1.29 is 8.94 Å². The van der Waals surface area contributed by atoms with Crippen molar-refractivity contribution in [1.82, 2.24) is 10.1 Å². The van der Waals surface area contributed by atoms with Crippen LogP contribution < -0.4 is 5.32 Å². The van der Waals surface area contributed by atoms with Crippen LogP contribution in [0.15, 0.2) is 27.3 Å². The van der Waals surface area contributed by atoms with E-state index in [-0.39, 0.29) is 6.04 Å². The summed E-state index contributed by atoms with van der Waals surface area (Å²) in [5.41, 5.74) is 0. The Balaban J connectivity index is 2.18. The second-order valence-corrected chi connectivity index (χ2v) is 3.20. The van der Waals surface area contributed by atoms with Crippen LogP contribution in [0.1, 0.15) is 13.8 Å². The molecule has 2 aromatic rings. The molecule has 2 aromatic heterocycles. The Morgan fingerprint density at radius 2 is 2.29 bits per heavy atom. The largest absolute Gasteiger partial charge is 0.461 e. The van der Waals surface area contributed by atoms with Crippen molar-refractivity contribution in [3.8, 4) is 11.6 Å². The van der Waals surface area contributed by atoms with Crippen molar-refractivity contribution in [1.29, 1.82) is 0 Å². The molecular formula is C9H11N3O2. The normalized spacial score (nSPS) is 10.8. The van der Waals surface area contributed by atoms with Crippen LogP contribution in [0.3, 0.4) is 0 Å². The highest BCUT2D eigenvalue weighted by Crippen LogP contribution is 2.17. The molecule has 5 heteroatoms. The Morgan fingerprint density at radius 3 is 2.93 bits per heavy atom. The molecule has 0 spiro atoms. The van der Waals surface area contributed by atoms with E-state index in [4.69, 9.17) is 8.94 Å². The van der Waals surface area contributed by atoms with Crippen LogP contribution in [0.2, 0.25) is 0 Å². The highest BCUT2D eigenvalue weighted by molar-refractivity contribution is 5.47. The molecule has 0 saturated carbocycles. The van der Waals surface area contributed by atoms with Gasteiger partial charge in [0.05, 0.1) is 6.26 Å². The van der Waals surface area contributed by atoms with E-state index >= 15 is 0 Å². The highest BCUT2D eigenvalue weighted by atomic mass is 16.5. The molecule has 0 aliphatic carbocycles. The first kappa shape index (κ1) is 8.80. The molecule has 0 aliphatic heterocycles. The zero-order chi connectivity index (χ0) is 9.97. The second kappa shape index (κ2) is 3.53. The number of anilines is 1. The third-order valence-corrected chi connectivity index (χ3v) is 1.58. The molecule has 5 nitrogen and oxygen atoms in total. The predicted molar refractivity (Wildman–Crippen MR) is 50.8 cm³/mol. The molecule has 0 aromatic carbocycles. The zero-order valence-corrected chi connectivity index (χ0v) is 8.02. The van der Waals surface area contributed by atoms with Crippen LogP contribution in [0, 0.1) is 0 Å². The number of nitrogens with zero attached hydrogens (tertiary/aromatic N) is 2. The standard InChI is InChI=1S/C9H11N3O2/c1-6(2)10-9-11-8(12-14-9)7-4-3-5-13-7/h3-6H,1-2H3,(H,10,11,12). The topological polar surface area (TPSA) is 64.1 Å². The molecule has 0 aliphatic rings. The van der Waals surface area contributed by atoms with Crippen molar-refractivity contribution in [3.05, 3.63) is 18.4 Å². The Labute approximate surface area is 81.1 Å². The fraction of sp³-hybridized carbons (Fsp3) is 0.333. The minimum absolute atomic E-state index is 0.264. The van der Waals surface area contributed by atoms with Gasteiger partial charge in [-0.15, -0.1) is 0 Å². The molecule has 2 heterocycles. The fourth-order valence-electron chi connectivity index (χ4n) is 1.03. The molecule has 14 heavy (non-hydrogen) atoms. The molecule has 0 fully saturated rings. The quantitative estimate of drug-likeness (QED) is 0.809. The van der Waals surface area contributed by atoms with Gasteiger partial charge in [-0.3, -0.25) is 0 Å². The number of nitrogens with one attached hydrogen (secondary N) is 1. The second-order valence-electron chi connectivity index (χ2n) is 3.20. The van der Waals surface area contributed by atoms with Gasteiger partial charge in [0.2, 0.25) is 5.82 Å². The van der Waals surface area contributed by atoms with E-state index in [1.807, 2.05) is 13.8 Å². The number of hydrogen-bond acceptors (Lipinski definition) is 5. The average Bonchev–Trinajstić information content (AvgIpc) is 2.69. The minimum Gasteiger partial charge on any atom is -0.461 e. The highest BCUT2D eigenvalue weighted by Gasteiger charge is 2.10. The van der Waals surface area contributed by atoms with Crippen molar-refractivity contribution in [2.24, 2.45) is 0 Å². The molecule has 0 atom stereocenters. The molecule has 74 valence electrons. The summed E-state index contributed by atoms with van der Waals surface area (Å²) in [4.78, 5) is 4.11. The van der Waals surface area contributed by atoms with Crippen LogP contribution >= 0.6 is 0 Å². The van der Waals surface area contributed by atoms with E-state index in [0.29, 0.717) is 17.6 Å². The van der Waals surface area contributed by atoms with Gasteiger partial charge < -0.3 is 14.3 Å². The summed E-state index contributed by atoms with van der Waals surface area (Å²) in [6.45, 7) is 3.99. The molecule has 0 saturated heterocycles. The summed E-state index contributed by atoms with van der Waals surface area (Å²) in [6, 6.07) is 4.23. The molecule has 0 amide bonds. The zero-order valence-electron chi connectivity index (χ0n) is 8.02. The van der Waals surface area contributed by atoms with Crippen molar-refractivity contribution >= 4 is 6.01 Å². The smallest absolute Gasteiger partial charge is 0.322 e. The summed E-state index contributed by atoms with van der Waals surface area (Å²) in [6.07, 6.45) is 1.57. The van der Waals surface area contributed by atoms with Crippen LogP contribution in [-0.2, 0) is 0 Å². The maximum absolute atomic E-state index is 5.13. The number of hydrogen-bond donors (Lipinski definition) is 1. The van der Waals surface area contributed by atoms with E-state index in [2.05, 4.69) is 15.5 Å². The molecule has 0 bridgehead atoms. The lowest BCUT2D eigenvalue weighted by Gasteiger charge is -2.01. The van der Waals surface area contributed by atoms with Crippen LogP contribution in [-0.4, -0.2) is 16.2 Å². The summed E-state index contributed by atoms with van der Waals surface area (Å²) in [5.74, 6) is 1.06. The van der Waals surface area contributed by atoms with E-state index in [1.165, 1.54) is 0 Å². The monoisotopic (exact) mass is 193 g/mol. The van der Waals surface area contributed by atoms with Gasteiger partial charge in [-0.2, -0.15) is 4.98 Å². The maximum Gasteiger partial charge on any atom is 0.322 e. The minimum atomic E-state index is 0.264. The van der Waals surface area contributed by atoms with Crippen LogP contribution in [0.4, 0.5) is 6.01 Å². The van der Waals surface area contributed by atoms with Gasteiger partial charge in [0.15, 0.2) is 5.76 Å².